The van der Waals surface area contributed by atoms with E-state index in [9.17, 15) is 44.7 Å². The molecule has 3 heterocycles. The molecular formula is C27H22ClF6N5O5S. The van der Waals surface area contributed by atoms with E-state index < -0.39 is 63.5 Å². The Hall–Kier alpha value is -3.96. The number of halogens is 7. The second-order valence-corrected chi connectivity index (χ2v) is 12.8. The lowest BCUT2D eigenvalue weighted by Gasteiger charge is -2.29. The predicted molar refractivity (Wildman–Crippen MR) is 148 cm³/mol. The van der Waals surface area contributed by atoms with Crippen LogP contribution < -0.4 is 4.90 Å². The Morgan fingerprint density at radius 2 is 1.62 bits per heavy atom. The van der Waals surface area contributed by atoms with Gasteiger partial charge in [0.25, 0.3) is 0 Å². The summed E-state index contributed by atoms with van der Waals surface area (Å²) in [6.45, 7) is -1.46. The van der Waals surface area contributed by atoms with Crippen molar-refractivity contribution in [2.45, 2.75) is 25.3 Å². The molecule has 2 aromatic heterocycles. The van der Waals surface area contributed by atoms with Crippen LogP contribution in [0.2, 0.25) is 5.02 Å². The average molecular weight is 678 g/mol. The van der Waals surface area contributed by atoms with E-state index in [1.54, 1.807) is 18.2 Å². The molecule has 5 rings (SSSR count). The number of ketones is 1. The molecule has 0 unspecified atom stereocenters. The maximum absolute atomic E-state index is 14.2. The minimum Gasteiger partial charge on any atom is -0.396 e. The summed E-state index contributed by atoms with van der Waals surface area (Å²) in [6, 6.07) is 7.35. The third-order valence-corrected chi connectivity index (χ3v) is 8.94. The van der Waals surface area contributed by atoms with E-state index in [1.807, 2.05) is 0 Å². The predicted octanol–water partition coefficient (Wildman–Crippen LogP) is 4.67. The highest BCUT2D eigenvalue weighted by Crippen LogP contribution is 2.38. The van der Waals surface area contributed by atoms with Gasteiger partial charge in [0.15, 0.2) is 27.1 Å². The Morgan fingerprint density at radius 3 is 2.20 bits per heavy atom. The summed E-state index contributed by atoms with van der Waals surface area (Å²) in [5.74, 6) is -1.77. The number of hydrogen-bond acceptors (Lipinski definition) is 9. The van der Waals surface area contributed by atoms with E-state index in [1.165, 1.54) is 11.0 Å². The molecule has 1 aliphatic heterocycles. The number of hydrogen-bond donors (Lipinski definition) is 1. The van der Waals surface area contributed by atoms with Crippen LogP contribution in [0.25, 0.3) is 11.3 Å². The molecular weight excluding hydrogens is 656 g/mol. The molecule has 18 heteroatoms. The lowest BCUT2D eigenvalue weighted by Crippen LogP contribution is -2.42. The highest BCUT2D eigenvalue weighted by atomic mass is 35.5. The van der Waals surface area contributed by atoms with Crippen LogP contribution in [-0.4, -0.2) is 70.7 Å². The van der Waals surface area contributed by atoms with E-state index in [0.29, 0.717) is 12.1 Å². The van der Waals surface area contributed by atoms with Gasteiger partial charge in [-0.1, -0.05) is 34.1 Å². The van der Waals surface area contributed by atoms with Crippen LogP contribution in [0.4, 0.5) is 32.2 Å². The van der Waals surface area contributed by atoms with Gasteiger partial charge < -0.3 is 14.5 Å². The highest BCUT2D eigenvalue weighted by molar-refractivity contribution is 7.91. The SMILES string of the molecule is O=C(c1nnn(Cc2cc(C(F)(F)F)cc(C(F)(F)F)c2)c1N1CCS(=O)(=O)CC1)c1c(CCO)noc1-c1ccccc1Cl. The maximum atomic E-state index is 14.2. The number of benzene rings is 2. The lowest BCUT2D eigenvalue weighted by atomic mass is 9.99. The number of rotatable bonds is 8. The Morgan fingerprint density at radius 1 is 1.00 bits per heavy atom. The van der Waals surface area contributed by atoms with Gasteiger partial charge in [0.1, 0.15) is 0 Å². The molecule has 45 heavy (non-hydrogen) atoms. The van der Waals surface area contributed by atoms with Gasteiger partial charge in [-0.2, -0.15) is 26.3 Å². The fourth-order valence-electron chi connectivity index (χ4n) is 4.86. The number of aliphatic hydroxyl groups is 1. The van der Waals surface area contributed by atoms with Gasteiger partial charge in [-0.05, 0) is 35.9 Å². The van der Waals surface area contributed by atoms with E-state index in [2.05, 4.69) is 15.5 Å². The van der Waals surface area contributed by atoms with Crippen LogP contribution in [-0.2, 0) is 35.2 Å². The fourth-order valence-corrected chi connectivity index (χ4v) is 6.29. The Labute approximate surface area is 256 Å². The molecule has 240 valence electrons. The molecule has 2 aromatic carbocycles. The van der Waals surface area contributed by atoms with Crippen molar-refractivity contribution in [3.63, 3.8) is 0 Å². The summed E-state index contributed by atoms with van der Waals surface area (Å²) in [5, 5.41) is 21.5. The largest absolute Gasteiger partial charge is 0.416 e. The lowest BCUT2D eigenvalue weighted by molar-refractivity contribution is -0.143. The van der Waals surface area contributed by atoms with Gasteiger partial charge in [-0.25, -0.2) is 13.1 Å². The number of alkyl halides is 6. The molecule has 0 saturated carbocycles. The summed E-state index contributed by atoms with van der Waals surface area (Å²) in [7, 11) is -3.45. The van der Waals surface area contributed by atoms with Gasteiger partial charge in [-0.15, -0.1) is 5.10 Å². The van der Waals surface area contributed by atoms with E-state index >= 15 is 0 Å². The molecule has 1 saturated heterocycles. The van der Waals surface area contributed by atoms with Crippen LogP contribution in [0.3, 0.4) is 0 Å². The van der Waals surface area contributed by atoms with Crippen molar-refractivity contribution in [3.8, 4) is 11.3 Å². The third kappa shape index (κ3) is 6.84. The van der Waals surface area contributed by atoms with Crippen LogP contribution >= 0.6 is 11.6 Å². The van der Waals surface area contributed by atoms with Gasteiger partial charge in [-0.3, -0.25) is 4.79 Å². The number of aliphatic hydroxyl groups excluding tert-OH is 1. The molecule has 0 atom stereocenters. The van der Waals surface area contributed by atoms with Gasteiger partial charge in [0.05, 0.1) is 45.5 Å². The summed E-state index contributed by atoms with van der Waals surface area (Å²) in [5.41, 5.74) is -3.81. The van der Waals surface area contributed by atoms with Crippen molar-refractivity contribution in [1.29, 1.82) is 0 Å². The van der Waals surface area contributed by atoms with Crippen LogP contribution in [0.5, 0.6) is 0 Å². The monoisotopic (exact) mass is 677 g/mol. The minimum atomic E-state index is -5.10. The normalized spacial score (nSPS) is 15.4. The zero-order valence-electron chi connectivity index (χ0n) is 22.9. The van der Waals surface area contributed by atoms with Crippen molar-refractivity contribution < 1.29 is 49.2 Å². The number of carbonyl (C=O) groups excluding carboxylic acids is 1. The first kappa shape index (κ1) is 32.4. The van der Waals surface area contributed by atoms with Crippen molar-refractivity contribution in [3.05, 3.63) is 81.1 Å². The molecule has 0 bridgehead atoms. The second-order valence-electron chi connectivity index (χ2n) is 10.1. The quantitative estimate of drug-likeness (QED) is 0.209. The second kappa shape index (κ2) is 12.1. The molecule has 4 aromatic rings. The number of anilines is 1. The first-order chi connectivity index (χ1) is 21.1. The van der Waals surface area contributed by atoms with Gasteiger partial charge in [0.2, 0.25) is 5.78 Å². The van der Waals surface area contributed by atoms with E-state index in [0.717, 1.165) is 4.68 Å². The van der Waals surface area contributed by atoms with Gasteiger partial charge >= 0.3 is 12.4 Å². The van der Waals surface area contributed by atoms with Crippen molar-refractivity contribution >= 4 is 33.0 Å². The van der Waals surface area contributed by atoms with Crippen molar-refractivity contribution in [2.24, 2.45) is 0 Å². The van der Waals surface area contributed by atoms with Crippen molar-refractivity contribution in [1.82, 2.24) is 20.2 Å². The van der Waals surface area contributed by atoms with E-state index in [-0.39, 0.29) is 70.5 Å². The summed E-state index contributed by atoms with van der Waals surface area (Å²) in [4.78, 5) is 15.6. The molecule has 1 N–H and O–H groups in total. The average Bonchev–Trinajstić information content (AvgIpc) is 3.56. The molecule has 1 fully saturated rings. The smallest absolute Gasteiger partial charge is 0.396 e. The molecule has 1 aliphatic rings. The van der Waals surface area contributed by atoms with Crippen molar-refractivity contribution in [2.75, 3.05) is 36.1 Å². The van der Waals surface area contributed by atoms with Crippen LogP contribution in [0.1, 0.15) is 38.4 Å². The molecule has 0 spiro atoms. The first-order valence-corrected chi connectivity index (χ1v) is 15.3. The third-order valence-electron chi connectivity index (χ3n) is 7.00. The maximum Gasteiger partial charge on any atom is 0.416 e. The number of sulfone groups is 1. The van der Waals surface area contributed by atoms with Crippen LogP contribution in [0.15, 0.2) is 47.0 Å². The molecule has 0 radical (unpaired) electrons. The number of aromatic nitrogens is 4. The van der Waals surface area contributed by atoms with E-state index in [4.69, 9.17) is 16.1 Å². The Bertz CT molecular complexity index is 1810. The summed E-state index contributed by atoms with van der Waals surface area (Å²) >= 11 is 6.33. The first-order valence-electron chi connectivity index (χ1n) is 13.2. The van der Waals surface area contributed by atoms with Gasteiger partial charge in [0, 0.05) is 31.7 Å². The number of carbonyl (C=O) groups is 1. The topological polar surface area (TPSA) is 131 Å². The summed E-state index contributed by atoms with van der Waals surface area (Å²) in [6.07, 6.45) is -10.3. The standard InChI is InChI=1S/C27H22ClF6N5O5S/c28-19-4-2-1-3-18(19)24-21(20(5-8-40)36-44-24)23(41)22-25(38-6-9-45(42,43)10-7-38)39(37-35-22)14-15-11-16(26(29,30)31)13-17(12-15)27(32,33)34/h1-4,11-13,40H,5-10,14H2. The number of nitrogens with zero attached hydrogens (tertiary/aromatic N) is 5. The van der Waals surface area contributed by atoms with Crippen LogP contribution in [0, 0.1) is 0 Å². The zero-order chi connectivity index (χ0) is 32.7. The Kier molecular flexibility index (Phi) is 8.72. The molecule has 0 aliphatic carbocycles. The minimum absolute atomic E-state index is 0.0129. The fraction of sp³-hybridized carbons (Fsp3) is 0.333. The molecule has 0 amide bonds. The zero-order valence-corrected chi connectivity index (χ0v) is 24.4. The highest BCUT2D eigenvalue weighted by Gasteiger charge is 2.38. The Balaban J connectivity index is 1.65. The summed E-state index contributed by atoms with van der Waals surface area (Å²) < 4.78 is 112. The molecule has 10 nitrogen and oxygen atoms in total.